The second kappa shape index (κ2) is 9.17. The smallest absolute Gasteiger partial charge is 0.303 e. The van der Waals surface area contributed by atoms with E-state index in [1.54, 1.807) is 0 Å². The summed E-state index contributed by atoms with van der Waals surface area (Å²) in [5, 5.41) is 9.44. The SMILES string of the molecule is CCCCNP(=O)(NCCCC)Nc1ccc(C)cc1. The molecule has 0 heterocycles. The van der Waals surface area contributed by atoms with Crippen molar-refractivity contribution in [3.63, 3.8) is 0 Å². The summed E-state index contributed by atoms with van der Waals surface area (Å²) in [6, 6.07) is 7.96. The van der Waals surface area contributed by atoms with E-state index in [9.17, 15) is 4.57 Å². The van der Waals surface area contributed by atoms with Crippen LogP contribution in [0.3, 0.4) is 0 Å². The standard InChI is InChI=1S/C15H28N3OP/c1-4-6-12-16-20(19,17-13-7-5-2)18-15-10-8-14(3)9-11-15/h8-11H,4-7,12-13H2,1-3H3,(H3,16,17,18,19). The maximum Gasteiger partial charge on any atom is 0.303 e. The lowest BCUT2D eigenvalue weighted by Gasteiger charge is -2.22. The maximum atomic E-state index is 12.9. The average Bonchev–Trinajstić information content (AvgIpc) is 2.42. The van der Waals surface area contributed by atoms with E-state index in [1.165, 1.54) is 5.56 Å². The van der Waals surface area contributed by atoms with Crippen LogP contribution >= 0.6 is 7.59 Å². The van der Waals surface area contributed by atoms with E-state index >= 15 is 0 Å². The predicted octanol–water partition coefficient (Wildman–Crippen LogP) is 4.29. The molecule has 0 aliphatic carbocycles. The highest BCUT2D eigenvalue weighted by atomic mass is 31.2. The van der Waals surface area contributed by atoms with Gasteiger partial charge in [-0.1, -0.05) is 44.4 Å². The first-order valence-corrected chi connectivity index (χ1v) is 9.25. The second-order valence-electron chi connectivity index (χ2n) is 5.11. The van der Waals surface area contributed by atoms with Crippen molar-refractivity contribution < 1.29 is 4.57 Å². The first-order valence-electron chi connectivity index (χ1n) is 7.55. The van der Waals surface area contributed by atoms with Crippen LogP contribution in [-0.2, 0) is 4.57 Å². The molecule has 0 fully saturated rings. The van der Waals surface area contributed by atoms with E-state index in [0.29, 0.717) is 0 Å². The van der Waals surface area contributed by atoms with Gasteiger partial charge in [-0.15, -0.1) is 0 Å². The first-order chi connectivity index (χ1) is 9.59. The van der Waals surface area contributed by atoms with Crippen LogP contribution < -0.4 is 15.3 Å². The van der Waals surface area contributed by atoms with Crippen molar-refractivity contribution in [1.29, 1.82) is 0 Å². The van der Waals surface area contributed by atoms with Crippen molar-refractivity contribution in [3.8, 4) is 0 Å². The molecule has 5 heteroatoms. The Balaban J connectivity index is 2.64. The summed E-state index contributed by atoms with van der Waals surface area (Å²) < 4.78 is 12.9. The van der Waals surface area contributed by atoms with E-state index in [1.807, 2.05) is 31.2 Å². The van der Waals surface area contributed by atoms with Crippen LogP contribution in [0.25, 0.3) is 0 Å². The Labute approximate surface area is 123 Å². The van der Waals surface area contributed by atoms with Crippen LogP contribution in [0.2, 0.25) is 0 Å². The Kier molecular flexibility index (Phi) is 7.90. The molecular formula is C15H28N3OP. The monoisotopic (exact) mass is 297 g/mol. The van der Waals surface area contributed by atoms with Crippen LogP contribution in [0, 0.1) is 6.92 Å². The van der Waals surface area contributed by atoms with Gasteiger partial charge in [-0.25, -0.2) is 10.2 Å². The number of anilines is 1. The molecule has 0 aliphatic rings. The molecule has 4 nitrogen and oxygen atoms in total. The fraction of sp³-hybridized carbons (Fsp3) is 0.600. The number of nitrogens with one attached hydrogen (secondary N) is 3. The van der Waals surface area contributed by atoms with E-state index < -0.39 is 7.59 Å². The molecule has 0 atom stereocenters. The summed E-state index contributed by atoms with van der Waals surface area (Å²) in [6.45, 7) is 7.81. The van der Waals surface area contributed by atoms with Crippen LogP contribution in [0.4, 0.5) is 5.69 Å². The third-order valence-electron chi connectivity index (χ3n) is 3.07. The van der Waals surface area contributed by atoms with Gasteiger partial charge >= 0.3 is 7.59 Å². The summed E-state index contributed by atoms with van der Waals surface area (Å²) in [5.74, 6) is 0. The van der Waals surface area contributed by atoms with Crippen LogP contribution in [0.1, 0.15) is 45.1 Å². The van der Waals surface area contributed by atoms with Crippen molar-refractivity contribution in [3.05, 3.63) is 29.8 Å². The normalized spacial score (nSPS) is 11.6. The number of hydrogen-bond acceptors (Lipinski definition) is 1. The van der Waals surface area contributed by atoms with Gasteiger partial charge in [-0.3, -0.25) is 4.57 Å². The molecule has 1 aromatic rings. The van der Waals surface area contributed by atoms with Gasteiger partial charge in [0.2, 0.25) is 0 Å². The van der Waals surface area contributed by atoms with E-state index in [4.69, 9.17) is 0 Å². The Morgan fingerprint density at radius 3 is 1.90 bits per heavy atom. The van der Waals surface area contributed by atoms with Gasteiger partial charge < -0.3 is 5.09 Å². The molecule has 0 spiro atoms. The molecule has 0 unspecified atom stereocenters. The predicted molar refractivity (Wildman–Crippen MR) is 88.2 cm³/mol. The molecule has 3 N–H and O–H groups in total. The third kappa shape index (κ3) is 6.56. The van der Waals surface area contributed by atoms with Crippen molar-refractivity contribution in [2.45, 2.75) is 46.5 Å². The van der Waals surface area contributed by atoms with Crippen molar-refractivity contribution in [1.82, 2.24) is 10.2 Å². The zero-order valence-electron chi connectivity index (χ0n) is 12.9. The topological polar surface area (TPSA) is 53.2 Å². The summed E-state index contributed by atoms with van der Waals surface area (Å²) in [6.07, 6.45) is 4.23. The van der Waals surface area contributed by atoms with E-state index in [0.717, 1.165) is 44.5 Å². The number of rotatable bonds is 10. The summed E-state index contributed by atoms with van der Waals surface area (Å²) in [4.78, 5) is 0. The molecule has 1 rings (SSSR count). The molecule has 0 amide bonds. The lowest BCUT2D eigenvalue weighted by atomic mass is 10.2. The molecule has 1 aromatic carbocycles. The number of benzene rings is 1. The van der Waals surface area contributed by atoms with Gasteiger partial charge in [0.15, 0.2) is 0 Å². The summed E-state index contributed by atoms with van der Waals surface area (Å²) in [5.41, 5.74) is 2.08. The average molecular weight is 297 g/mol. The summed E-state index contributed by atoms with van der Waals surface area (Å²) in [7, 11) is -2.77. The van der Waals surface area contributed by atoms with Gasteiger partial charge in [0, 0.05) is 18.8 Å². The number of hydrogen-bond donors (Lipinski definition) is 3. The highest BCUT2D eigenvalue weighted by Gasteiger charge is 2.19. The van der Waals surface area contributed by atoms with Crippen LogP contribution in [0.15, 0.2) is 24.3 Å². The molecule has 0 bridgehead atoms. The van der Waals surface area contributed by atoms with Crippen molar-refractivity contribution >= 4 is 13.3 Å². The Morgan fingerprint density at radius 1 is 0.950 bits per heavy atom. The van der Waals surface area contributed by atoms with Crippen molar-refractivity contribution in [2.24, 2.45) is 0 Å². The minimum Gasteiger partial charge on any atom is -0.313 e. The van der Waals surface area contributed by atoms with Gasteiger partial charge in [0.1, 0.15) is 0 Å². The number of unbranched alkanes of at least 4 members (excludes halogenated alkanes) is 2. The zero-order chi connectivity index (χ0) is 14.8. The molecule has 0 aromatic heterocycles. The van der Waals surface area contributed by atoms with Gasteiger partial charge in [-0.2, -0.15) is 0 Å². The third-order valence-corrected chi connectivity index (χ3v) is 4.98. The second-order valence-corrected chi connectivity index (χ2v) is 7.19. The molecule has 0 saturated heterocycles. The highest BCUT2D eigenvalue weighted by molar-refractivity contribution is 7.61. The zero-order valence-corrected chi connectivity index (χ0v) is 13.8. The van der Waals surface area contributed by atoms with E-state index in [-0.39, 0.29) is 0 Å². The first kappa shape index (κ1) is 17.2. The van der Waals surface area contributed by atoms with Gasteiger partial charge in [0.25, 0.3) is 0 Å². The molecule has 0 radical (unpaired) electrons. The molecule has 0 aliphatic heterocycles. The fourth-order valence-corrected chi connectivity index (χ4v) is 3.50. The highest BCUT2D eigenvalue weighted by Crippen LogP contribution is 2.36. The van der Waals surface area contributed by atoms with Crippen LogP contribution in [-0.4, -0.2) is 13.1 Å². The summed E-state index contributed by atoms with van der Waals surface area (Å²) >= 11 is 0. The minimum atomic E-state index is -2.77. The Bertz CT molecular complexity index is 406. The maximum absolute atomic E-state index is 12.9. The largest absolute Gasteiger partial charge is 0.313 e. The lowest BCUT2D eigenvalue weighted by Crippen LogP contribution is -2.28. The van der Waals surface area contributed by atoms with Crippen LogP contribution in [0.5, 0.6) is 0 Å². The molecule has 0 saturated carbocycles. The molecule has 114 valence electrons. The van der Waals surface area contributed by atoms with Crippen molar-refractivity contribution in [2.75, 3.05) is 18.2 Å². The minimum absolute atomic E-state index is 0.756. The lowest BCUT2D eigenvalue weighted by molar-refractivity contribution is 0.552. The van der Waals surface area contributed by atoms with E-state index in [2.05, 4.69) is 29.1 Å². The Hall–Kier alpha value is -0.830. The number of aryl methyl sites for hydroxylation is 1. The molecule has 20 heavy (non-hydrogen) atoms. The molecular weight excluding hydrogens is 269 g/mol. The van der Waals surface area contributed by atoms with Gasteiger partial charge in [0.05, 0.1) is 0 Å². The Morgan fingerprint density at radius 2 is 1.45 bits per heavy atom. The van der Waals surface area contributed by atoms with Gasteiger partial charge in [-0.05, 0) is 31.9 Å². The fourth-order valence-electron chi connectivity index (χ4n) is 1.77. The quantitative estimate of drug-likeness (QED) is 0.445.